The summed E-state index contributed by atoms with van der Waals surface area (Å²) in [6, 6.07) is 14.7. The molecule has 0 unspecified atom stereocenters. The summed E-state index contributed by atoms with van der Waals surface area (Å²) in [5.74, 6) is -0.546. The van der Waals surface area contributed by atoms with E-state index in [9.17, 15) is 9.59 Å². The van der Waals surface area contributed by atoms with Gasteiger partial charge in [0.05, 0.1) is 25.4 Å². The smallest absolute Gasteiger partial charge is 0.337 e. The van der Waals surface area contributed by atoms with Crippen LogP contribution in [0.2, 0.25) is 5.02 Å². The monoisotopic (exact) mass is 428 g/mol. The number of benzene rings is 2. The van der Waals surface area contributed by atoms with E-state index >= 15 is 0 Å². The number of rotatable bonds is 7. The lowest BCUT2D eigenvalue weighted by molar-refractivity contribution is -0.122. The molecule has 8 heteroatoms. The molecule has 1 fully saturated rings. The van der Waals surface area contributed by atoms with Crippen molar-refractivity contribution in [2.45, 2.75) is 6.54 Å². The lowest BCUT2D eigenvalue weighted by Crippen LogP contribution is -2.48. The summed E-state index contributed by atoms with van der Waals surface area (Å²) < 4.78 is 4.66. The summed E-state index contributed by atoms with van der Waals surface area (Å²) in [6.07, 6.45) is 1.54. The number of hydrazone groups is 1. The first kappa shape index (κ1) is 22.0. The van der Waals surface area contributed by atoms with Gasteiger partial charge in [-0.25, -0.2) is 10.2 Å². The van der Waals surface area contributed by atoms with E-state index in [-0.39, 0.29) is 5.91 Å². The molecule has 0 atom stereocenters. The average molecular weight is 429 g/mol. The first-order chi connectivity index (χ1) is 14.5. The standard InChI is InChI=1S/C22H25ClN4O3/c1-30-22(29)18-8-6-17(7-9-18)14-24-25-21(28)16-27-12-10-26(11-13-27)15-19-4-2-3-5-20(19)23/h2-9,14H,10-13,15-16H2,1H3,(H,25,28)/b24-14+. The molecule has 0 aliphatic carbocycles. The van der Waals surface area contributed by atoms with Crippen molar-refractivity contribution in [2.24, 2.45) is 5.10 Å². The average Bonchev–Trinajstić information content (AvgIpc) is 2.76. The summed E-state index contributed by atoms with van der Waals surface area (Å²) in [7, 11) is 1.34. The van der Waals surface area contributed by atoms with Crippen LogP contribution in [0, 0.1) is 0 Å². The number of ether oxygens (including phenoxy) is 1. The number of hydrogen-bond donors (Lipinski definition) is 1. The number of esters is 1. The number of carbonyl (C=O) groups excluding carboxylic acids is 2. The Morgan fingerprint density at radius 2 is 1.73 bits per heavy atom. The van der Waals surface area contributed by atoms with E-state index in [4.69, 9.17) is 11.6 Å². The lowest BCUT2D eigenvalue weighted by atomic mass is 10.1. The molecule has 1 aliphatic heterocycles. The Hall–Kier alpha value is -2.74. The zero-order valence-electron chi connectivity index (χ0n) is 16.9. The molecule has 0 bridgehead atoms. The van der Waals surface area contributed by atoms with Gasteiger partial charge in [0.15, 0.2) is 0 Å². The second kappa shape index (κ2) is 10.9. The Kier molecular flexibility index (Phi) is 7.96. The number of halogens is 1. The fourth-order valence-electron chi connectivity index (χ4n) is 3.21. The van der Waals surface area contributed by atoms with Gasteiger partial charge in [-0.15, -0.1) is 0 Å². The van der Waals surface area contributed by atoms with Crippen LogP contribution in [0.5, 0.6) is 0 Å². The molecule has 0 aromatic heterocycles. The molecule has 1 heterocycles. The van der Waals surface area contributed by atoms with Crippen LogP contribution in [0.4, 0.5) is 0 Å². The minimum atomic E-state index is -0.390. The summed E-state index contributed by atoms with van der Waals surface area (Å²) >= 11 is 6.24. The second-order valence-corrected chi connectivity index (χ2v) is 7.46. The molecule has 30 heavy (non-hydrogen) atoms. The maximum absolute atomic E-state index is 12.1. The third-order valence-corrected chi connectivity index (χ3v) is 5.29. The van der Waals surface area contributed by atoms with E-state index in [2.05, 4.69) is 25.1 Å². The highest BCUT2D eigenvalue weighted by atomic mass is 35.5. The van der Waals surface area contributed by atoms with Crippen LogP contribution >= 0.6 is 11.6 Å². The maximum Gasteiger partial charge on any atom is 0.337 e. The fourth-order valence-corrected chi connectivity index (χ4v) is 3.41. The predicted octanol–water partition coefficient (Wildman–Crippen LogP) is 2.39. The molecule has 158 valence electrons. The van der Waals surface area contributed by atoms with Gasteiger partial charge >= 0.3 is 5.97 Å². The topological polar surface area (TPSA) is 74.2 Å². The van der Waals surface area contributed by atoms with Gasteiger partial charge in [-0.05, 0) is 29.3 Å². The van der Waals surface area contributed by atoms with Gasteiger partial charge in [-0.3, -0.25) is 14.6 Å². The molecule has 1 aliphatic rings. The van der Waals surface area contributed by atoms with Crippen LogP contribution in [-0.2, 0) is 16.1 Å². The quantitative estimate of drug-likeness (QED) is 0.416. The number of nitrogens with zero attached hydrogens (tertiary/aromatic N) is 3. The summed E-state index contributed by atoms with van der Waals surface area (Å²) in [6.45, 7) is 4.52. The molecule has 0 saturated carbocycles. The predicted molar refractivity (Wildman–Crippen MR) is 117 cm³/mol. The van der Waals surface area contributed by atoms with Gasteiger partial charge in [-0.2, -0.15) is 5.10 Å². The molecule has 3 rings (SSSR count). The molecule has 0 spiro atoms. The Bertz CT molecular complexity index is 894. The van der Waals surface area contributed by atoms with Gasteiger partial charge < -0.3 is 4.74 Å². The summed E-state index contributed by atoms with van der Waals surface area (Å²) in [5, 5.41) is 4.78. The highest BCUT2D eigenvalue weighted by Gasteiger charge is 2.19. The van der Waals surface area contributed by atoms with Crippen molar-refractivity contribution in [3.8, 4) is 0 Å². The highest BCUT2D eigenvalue weighted by Crippen LogP contribution is 2.17. The lowest BCUT2D eigenvalue weighted by Gasteiger charge is -2.34. The first-order valence-electron chi connectivity index (χ1n) is 9.73. The third-order valence-electron chi connectivity index (χ3n) is 4.92. The number of nitrogens with one attached hydrogen (secondary N) is 1. The highest BCUT2D eigenvalue weighted by molar-refractivity contribution is 6.31. The number of amides is 1. The second-order valence-electron chi connectivity index (χ2n) is 7.05. The summed E-state index contributed by atoms with van der Waals surface area (Å²) in [4.78, 5) is 28.0. The van der Waals surface area contributed by atoms with Crippen LogP contribution in [0.3, 0.4) is 0 Å². The van der Waals surface area contributed by atoms with Crippen molar-refractivity contribution in [3.05, 3.63) is 70.2 Å². The minimum absolute atomic E-state index is 0.156. The van der Waals surface area contributed by atoms with Crippen LogP contribution in [0.15, 0.2) is 53.6 Å². The summed E-state index contributed by atoms with van der Waals surface area (Å²) in [5.41, 5.74) is 4.92. The van der Waals surface area contributed by atoms with Crippen molar-refractivity contribution in [3.63, 3.8) is 0 Å². The molecule has 1 N–H and O–H groups in total. The molecule has 1 saturated heterocycles. The van der Waals surface area contributed by atoms with Crippen LogP contribution < -0.4 is 5.43 Å². The van der Waals surface area contributed by atoms with Crippen molar-refractivity contribution in [1.82, 2.24) is 15.2 Å². The molecule has 2 aromatic carbocycles. The van der Waals surface area contributed by atoms with Gasteiger partial charge in [0, 0.05) is 37.7 Å². The van der Waals surface area contributed by atoms with E-state index in [1.54, 1.807) is 30.5 Å². The van der Waals surface area contributed by atoms with Gasteiger partial charge in [0.2, 0.25) is 0 Å². The van der Waals surface area contributed by atoms with E-state index < -0.39 is 5.97 Å². The molecular weight excluding hydrogens is 404 g/mol. The van der Waals surface area contributed by atoms with Crippen molar-refractivity contribution >= 4 is 29.7 Å². The molecular formula is C22H25ClN4O3. The number of methoxy groups -OCH3 is 1. The van der Waals surface area contributed by atoms with Crippen LogP contribution in [0.25, 0.3) is 0 Å². The van der Waals surface area contributed by atoms with E-state index in [0.717, 1.165) is 48.9 Å². The first-order valence-corrected chi connectivity index (χ1v) is 10.1. The van der Waals surface area contributed by atoms with Crippen LogP contribution in [-0.4, -0.2) is 67.7 Å². The van der Waals surface area contributed by atoms with E-state index in [1.165, 1.54) is 7.11 Å². The van der Waals surface area contributed by atoms with Crippen molar-refractivity contribution in [1.29, 1.82) is 0 Å². The van der Waals surface area contributed by atoms with Crippen molar-refractivity contribution < 1.29 is 14.3 Å². The van der Waals surface area contributed by atoms with Gasteiger partial charge in [0.1, 0.15) is 0 Å². The Morgan fingerprint density at radius 3 is 2.40 bits per heavy atom. The van der Waals surface area contributed by atoms with E-state index in [0.29, 0.717) is 12.1 Å². The molecule has 7 nitrogen and oxygen atoms in total. The van der Waals surface area contributed by atoms with Gasteiger partial charge in [0.25, 0.3) is 5.91 Å². The number of hydrogen-bond acceptors (Lipinski definition) is 6. The molecule has 2 aromatic rings. The normalized spacial score (nSPS) is 15.3. The minimum Gasteiger partial charge on any atom is -0.465 e. The molecule has 1 amide bonds. The number of piperazine rings is 1. The largest absolute Gasteiger partial charge is 0.465 e. The third kappa shape index (κ3) is 6.38. The maximum atomic E-state index is 12.1. The van der Waals surface area contributed by atoms with E-state index in [1.807, 2.05) is 24.3 Å². The zero-order valence-corrected chi connectivity index (χ0v) is 17.6. The number of carbonyl (C=O) groups is 2. The van der Waals surface area contributed by atoms with Gasteiger partial charge in [-0.1, -0.05) is 41.9 Å². The van der Waals surface area contributed by atoms with Crippen LogP contribution in [0.1, 0.15) is 21.5 Å². The fraction of sp³-hybridized carbons (Fsp3) is 0.318. The Morgan fingerprint density at radius 1 is 1.07 bits per heavy atom. The SMILES string of the molecule is COC(=O)c1ccc(/C=N/NC(=O)CN2CCN(Cc3ccccc3Cl)CC2)cc1. The Labute approximate surface area is 181 Å². The zero-order chi connectivity index (χ0) is 21.3. The van der Waals surface area contributed by atoms with Crippen molar-refractivity contribution in [2.75, 3.05) is 39.8 Å². The molecule has 0 radical (unpaired) electrons. The Balaban J connectivity index is 1.39.